The molecule has 1 aliphatic rings. The van der Waals surface area contributed by atoms with Crippen LogP contribution in [-0.2, 0) is 6.42 Å². The Morgan fingerprint density at radius 1 is 1.00 bits per heavy atom. The molecule has 0 aliphatic carbocycles. The van der Waals surface area contributed by atoms with E-state index in [1.165, 1.54) is 23.1 Å². The van der Waals surface area contributed by atoms with Crippen molar-refractivity contribution in [3.8, 4) is 0 Å². The largest absolute Gasteiger partial charge is 0.309 e. The van der Waals surface area contributed by atoms with Crippen LogP contribution in [0.3, 0.4) is 0 Å². The molecule has 0 fully saturated rings. The molecule has 1 aliphatic heterocycles. The summed E-state index contributed by atoms with van der Waals surface area (Å²) in [6.45, 7) is 1.13. The predicted octanol–water partition coefficient (Wildman–Crippen LogP) is 3.79. The summed E-state index contributed by atoms with van der Waals surface area (Å²) in [4.78, 5) is 7.34. The summed E-state index contributed by atoms with van der Waals surface area (Å²) in [5.74, 6) is 0. The van der Waals surface area contributed by atoms with Crippen molar-refractivity contribution in [2.45, 2.75) is 25.3 Å². The van der Waals surface area contributed by atoms with Gasteiger partial charge in [-0.2, -0.15) is 0 Å². The van der Waals surface area contributed by atoms with Crippen LogP contribution in [0.25, 0.3) is 0 Å². The lowest BCUT2D eigenvalue weighted by molar-refractivity contribution is 0.384. The van der Waals surface area contributed by atoms with E-state index in [-0.39, 0.29) is 0 Å². The highest BCUT2D eigenvalue weighted by atomic mass is 15.0. The summed E-state index contributed by atoms with van der Waals surface area (Å²) in [6, 6.07) is 19.7. The maximum Gasteiger partial charge on any atom is 0.0725 e. The number of rotatable bonds is 5. The Morgan fingerprint density at radius 2 is 1.73 bits per heavy atom. The van der Waals surface area contributed by atoms with Crippen molar-refractivity contribution in [1.82, 2.24) is 4.90 Å². The van der Waals surface area contributed by atoms with Crippen molar-refractivity contribution in [1.29, 1.82) is 0 Å². The number of benzene rings is 2. The van der Waals surface area contributed by atoms with Crippen molar-refractivity contribution in [3.05, 3.63) is 71.3 Å². The van der Waals surface area contributed by atoms with Gasteiger partial charge in [0, 0.05) is 11.1 Å². The molecule has 0 spiro atoms. The first kappa shape index (κ1) is 15.0. The van der Waals surface area contributed by atoms with Crippen LogP contribution < -0.4 is 0 Å². The van der Waals surface area contributed by atoms with Crippen LogP contribution >= 0.6 is 0 Å². The zero-order valence-electron chi connectivity index (χ0n) is 13.5. The van der Waals surface area contributed by atoms with Crippen LogP contribution in [0.15, 0.2) is 59.6 Å². The lowest BCUT2D eigenvalue weighted by Crippen LogP contribution is -2.23. The molecule has 0 saturated heterocycles. The molecule has 0 aromatic heterocycles. The number of hydrogen-bond donors (Lipinski definition) is 0. The monoisotopic (exact) mass is 292 g/mol. The average molecular weight is 292 g/mol. The fraction of sp³-hybridized carbons (Fsp3) is 0.350. The van der Waals surface area contributed by atoms with Gasteiger partial charge < -0.3 is 4.90 Å². The van der Waals surface area contributed by atoms with E-state index in [0.29, 0.717) is 6.04 Å². The molecule has 0 bridgehead atoms. The van der Waals surface area contributed by atoms with Gasteiger partial charge in [0.05, 0.1) is 11.8 Å². The second kappa shape index (κ2) is 6.89. The minimum absolute atomic E-state index is 0.407. The molecular formula is C20H24N2. The predicted molar refractivity (Wildman–Crippen MR) is 93.8 cm³/mol. The first-order chi connectivity index (χ1) is 10.7. The van der Waals surface area contributed by atoms with Gasteiger partial charge in [0.2, 0.25) is 0 Å². The van der Waals surface area contributed by atoms with Crippen molar-refractivity contribution < 1.29 is 0 Å². The van der Waals surface area contributed by atoms with E-state index in [1.807, 2.05) is 0 Å². The highest BCUT2D eigenvalue weighted by molar-refractivity contribution is 6.14. The maximum atomic E-state index is 5.09. The molecule has 2 aromatic rings. The molecule has 0 radical (unpaired) electrons. The van der Waals surface area contributed by atoms with E-state index in [1.54, 1.807) is 0 Å². The number of hydrogen-bond acceptors (Lipinski definition) is 2. The van der Waals surface area contributed by atoms with Gasteiger partial charge in [-0.05, 0) is 45.5 Å². The number of aliphatic imine (C=N–C) groups is 1. The minimum Gasteiger partial charge on any atom is -0.309 e. The molecule has 3 rings (SSSR count). The van der Waals surface area contributed by atoms with Crippen molar-refractivity contribution in [2.24, 2.45) is 4.99 Å². The van der Waals surface area contributed by atoms with Crippen molar-refractivity contribution in [2.75, 3.05) is 20.6 Å². The molecule has 2 nitrogen and oxygen atoms in total. The molecule has 0 saturated carbocycles. The molecular weight excluding hydrogens is 268 g/mol. The zero-order valence-corrected chi connectivity index (χ0v) is 13.5. The fourth-order valence-electron chi connectivity index (χ4n) is 3.12. The maximum absolute atomic E-state index is 5.09. The molecule has 2 heteroatoms. The van der Waals surface area contributed by atoms with Crippen molar-refractivity contribution >= 4 is 5.71 Å². The third-order valence-electron chi connectivity index (χ3n) is 4.23. The lowest BCUT2D eigenvalue weighted by Gasteiger charge is -2.24. The third-order valence-corrected chi connectivity index (χ3v) is 4.23. The Hall–Kier alpha value is -1.93. The second-order valence-corrected chi connectivity index (χ2v) is 6.30. The summed E-state index contributed by atoms with van der Waals surface area (Å²) in [5.41, 5.74) is 5.13. The van der Waals surface area contributed by atoms with Gasteiger partial charge >= 0.3 is 0 Å². The van der Waals surface area contributed by atoms with E-state index >= 15 is 0 Å². The van der Waals surface area contributed by atoms with E-state index in [0.717, 1.165) is 25.1 Å². The van der Waals surface area contributed by atoms with Crippen LogP contribution in [0.2, 0.25) is 0 Å². The Morgan fingerprint density at radius 3 is 2.50 bits per heavy atom. The van der Waals surface area contributed by atoms with Gasteiger partial charge in [-0.1, -0.05) is 54.6 Å². The fourth-order valence-corrected chi connectivity index (χ4v) is 3.12. The van der Waals surface area contributed by atoms with Gasteiger partial charge in [-0.3, -0.25) is 4.99 Å². The molecule has 22 heavy (non-hydrogen) atoms. The van der Waals surface area contributed by atoms with Crippen LogP contribution in [-0.4, -0.2) is 37.3 Å². The third kappa shape index (κ3) is 3.45. The summed E-state index contributed by atoms with van der Waals surface area (Å²) in [6.07, 6.45) is 3.42. The zero-order chi connectivity index (χ0) is 15.4. The Balaban J connectivity index is 1.87. The van der Waals surface area contributed by atoms with E-state index in [4.69, 9.17) is 4.99 Å². The molecule has 114 valence electrons. The van der Waals surface area contributed by atoms with Crippen LogP contribution in [0, 0.1) is 0 Å². The standard InChI is InChI=1S/C20H24N2/c1-22(2)14-8-12-18-15-17-11-6-7-13-19(17)20(21-18)16-9-4-3-5-10-16/h3-7,9-11,13,18H,8,12,14-15H2,1-2H3. The first-order valence-electron chi connectivity index (χ1n) is 8.10. The highest BCUT2D eigenvalue weighted by Crippen LogP contribution is 2.25. The molecule has 1 heterocycles. The minimum atomic E-state index is 0.407. The number of nitrogens with zero attached hydrogens (tertiary/aromatic N) is 2. The van der Waals surface area contributed by atoms with Gasteiger partial charge in [-0.25, -0.2) is 0 Å². The van der Waals surface area contributed by atoms with Crippen LogP contribution in [0.5, 0.6) is 0 Å². The highest BCUT2D eigenvalue weighted by Gasteiger charge is 2.21. The van der Waals surface area contributed by atoms with E-state index in [9.17, 15) is 0 Å². The normalized spacial score (nSPS) is 17.2. The topological polar surface area (TPSA) is 15.6 Å². The molecule has 1 unspecified atom stereocenters. The SMILES string of the molecule is CN(C)CCCC1Cc2ccccc2C(c2ccccc2)=N1. The smallest absolute Gasteiger partial charge is 0.0725 e. The summed E-state index contributed by atoms with van der Waals surface area (Å²) in [7, 11) is 4.27. The Labute approximate surface area is 133 Å². The van der Waals surface area contributed by atoms with Crippen LogP contribution in [0.4, 0.5) is 0 Å². The van der Waals surface area contributed by atoms with Gasteiger partial charge in [0.25, 0.3) is 0 Å². The summed E-state index contributed by atoms with van der Waals surface area (Å²) < 4.78 is 0. The van der Waals surface area contributed by atoms with E-state index in [2.05, 4.69) is 73.6 Å². The summed E-state index contributed by atoms with van der Waals surface area (Å²) >= 11 is 0. The summed E-state index contributed by atoms with van der Waals surface area (Å²) in [5, 5.41) is 0. The van der Waals surface area contributed by atoms with Gasteiger partial charge in [0.1, 0.15) is 0 Å². The van der Waals surface area contributed by atoms with Gasteiger partial charge in [-0.15, -0.1) is 0 Å². The van der Waals surface area contributed by atoms with Crippen LogP contribution in [0.1, 0.15) is 29.5 Å². The quantitative estimate of drug-likeness (QED) is 0.818. The molecule has 1 atom stereocenters. The second-order valence-electron chi connectivity index (χ2n) is 6.30. The Bertz CT molecular complexity index is 644. The van der Waals surface area contributed by atoms with E-state index < -0.39 is 0 Å². The Kier molecular flexibility index (Phi) is 4.69. The van der Waals surface area contributed by atoms with Gasteiger partial charge in [0.15, 0.2) is 0 Å². The number of fused-ring (bicyclic) bond motifs is 1. The average Bonchev–Trinajstić information content (AvgIpc) is 2.54. The molecule has 0 amide bonds. The molecule has 2 aromatic carbocycles. The lowest BCUT2D eigenvalue weighted by atomic mass is 9.89. The first-order valence-corrected chi connectivity index (χ1v) is 8.10. The van der Waals surface area contributed by atoms with Crippen molar-refractivity contribution in [3.63, 3.8) is 0 Å². The molecule has 0 N–H and O–H groups in total.